The SMILES string of the molecule is COC(=O)c1cc(-c2ccccc2)nc2ccc(C(F)F)cc12. The van der Waals surface area contributed by atoms with Crippen LogP contribution in [0.25, 0.3) is 22.2 Å². The number of alkyl halides is 2. The fraction of sp³-hybridized carbons (Fsp3) is 0.111. The number of benzene rings is 2. The van der Waals surface area contributed by atoms with E-state index in [1.165, 1.54) is 25.3 Å². The van der Waals surface area contributed by atoms with Crippen LogP contribution in [0.2, 0.25) is 0 Å². The van der Waals surface area contributed by atoms with E-state index in [0.29, 0.717) is 16.6 Å². The first-order valence-electron chi connectivity index (χ1n) is 6.96. The monoisotopic (exact) mass is 313 g/mol. The molecule has 0 N–H and O–H groups in total. The molecule has 0 spiro atoms. The molecule has 3 rings (SSSR count). The van der Waals surface area contributed by atoms with E-state index in [4.69, 9.17) is 4.74 Å². The quantitative estimate of drug-likeness (QED) is 0.662. The zero-order valence-corrected chi connectivity index (χ0v) is 12.3. The van der Waals surface area contributed by atoms with Gasteiger partial charge in [0.25, 0.3) is 6.43 Å². The molecule has 0 radical (unpaired) electrons. The van der Waals surface area contributed by atoms with Crippen molar-refractivity contribution in [3.05, 3.63) is 65.7 Å². The molecule has 0 aliphatic heterocycles. The number of rotatable bonds is 3. The maximum absolute atomic E-state index is 12.9. The van der Waals surface area contributed by atoms with Gasteiger partial charge in [0.2, 0.25) is 0 Å². The molecule has 0 fully saturated rings. The number of hydrogen-bond acceptors (Lipinski definition) is 3. The van der Waals surface area contributed by atoms with Gasteiger partial charge >= 0.3 is 5.97 Å². The number of esters is 1. The second-order valence-electron chi connectivity index (χ2n) is 4.99. The number of hydrogen-bond donors (Lipinski definition) is 0. The minimum Gasteiger partial charge on any atom is -0.465 e. The van der Waals surface area contributed by atoms with Gasteiger partial charge in [-0.2, -0.15) is 0 Å². The molecule has 0 atom stereocenters. The first-order chi connectivity index (χ1) is 11.1. The fourth-order valence-electron chi connectivity index (χ4n) is 2.41. The molecule has 3 aromatic rings. The number of ether oxygens (including phenoxy) is 1. The second-order valence-corrected chi connectivity index (χ2v) is 4.99. The molecule has 3 nitrogen and oxygen atoms in total. The first kappa shape index (κ1) is 15.1. The second kappa shape index (κ2) is 6.12. The molecule has 23 heavy (non-hydrogen) atoms. The number of carbonyl (C=O) groups is 1. The summed E-state index contributed by atoms with van der Waals surface area (Å²) in [5.41, 5.74) is 1.95. The van der Waals surface area contributed by atoms with Crippen LogP contribution in [0.3, 0.4) is 0 Å². The Morgan fingerprint density at radius 3 is 2.48 bits per heavy atom. The third-order valence-electron chi connectivity index (χ3n) is 3.56. The van der Waals surface area contributed by atoms with E-state index in [-0.39, 0.29) is 11.1 Å². The van der Waals surface area contributed by atoms with Gasteiger partial charge < -0.3 is 4.74 Å². The van der Waals surface area contributed by atoms with Gasteiger partial charge in [0.1, 0.15) is 0 Å². The largest absolute Gasteiger partial charge is 0.465 e. The standard InChI is InChI=1S/C18H13F2NO2/c1-23-18(22)14-10-16(11-5-3-2-4-6-11)21-15-8-7-12(17(19)20)9-13(14)15/h2-10,17H,1H3. The lowest BCUT2D eigenvalue weighted by molar-refractivity contribution is 0.0603. The molecule has 0 aliphatic rings. The van der Waals surface area contributed by atoms with Crippen LogP contribution in [0.4, 0.5) is 8.78 Å². The van der Waals surface area contributed by atoms with E-state index in [2.05, 4.69) is 4.98 Å². The van der Waals surface area contributed by atoms with E-state index in [1.54, 1.807) is 6.07 Å². The lowest BCUT2D eigenvalue weighted by atomic mass is 10.0. The summed E-state index contributed by atoms with van der Waals surface area (Å²) in [6, 6.07) is 15.0. The lowest BCUT2D eigenvalue weighted by Crippen LogP contribution is -2.04. The maximum Gasteiger partial charge on any atom is 0.338 e. The molecule has 116 valence electrons. The summed E-state index contributed by atoms with van der Waals surface area (Å²) in [6.45, 7) is 0. The van der Waals surface area contributed by atoms with Crippen LogP contribution in [0.5, 0.6) is 0 Å². The Morgan fingerprint density at radius 1 is 1.09 bits per heavy atom. The Balaban J connectivity index is 2.27. The number of aromatic nitrogens is 1. The van der Waals surface area contributed by atoms with Gasteiger partial charge in [-0.25, -0.2) is 18.6 Å². The summed E-state index contributed by atoms with van der Waals surface area (Å²) >= 11 is 0. The summed E-state index contributed by atoms with van der Waals surface area (Å²) in [4.78, 5) is 16.5. The van der Waals surface area contributed by atoms with E-state index in [1.807, 2.05) is 30.3 Å². The number of nitrogens with zero attached hydrogens (tertiary/aromatic N) is 1. The van der Waals surface area contributed by atoms with Gasteiger partial charge in [0, 0.05) is 16.5 Å². The van der Waals surface area contributed by atoms with Crippen molar-refractivity contribution in [2.24, 2.45) is 0 Å². The van der Waals surface area contributed by atoms with E-state index < -0.39 is 12.4 Å². The molecule has 2 aromatic carbocycles. The van der Waals surface area contributed by atoms with Crippen LogP contribution < -0.4 is 0 Å². The minimum atomic E-state index is -2.61. The Kier molecular flexibility index (Phi) is 4.02. The Labute approximate surface area is 131 Å². The molecule has 0 amide bonds. The average Bonchev–Trinajstić information content (AvgIpc) is 2.60. The van der Waals surface area contributed by atoms with Crippen molar-refractivity contribution >= 4 is 16.9 Å². The summed E-state index contributed by atoms with van der Waals surface area (Å²) in [5, 5.41) is 0.356. The summed E-state index contributed by atoms with van der Waals surface area (Å²) in [7, 11) is 1.26. The molecule has 0 unspecified atom stereocenters. The predicted octanol–water partition coefficient (Wildman–Crippen LogP) is 4.63. The Bertz CT molecular complexity index is 864. The number of pyridine rings is 1. The van der Waals surface area contributed by atoms with Crippen molar-refractivity contribution in [2.75, 3.05) is 7.11 Å². The van der Waals surface area contributed by atoms with Crippen LogP contribution in [-0.4, -0.2) is 18.1 Å². The molecule has 1 heterocycles. The smallest absolute Gasteiger partial charge is 0.338 e. The van der Waals surface area contributed by atoms with Crippen LogP contribution >= 0.6 is 0 Å². The van der Waals surface area contributed by atoms with E-state index in [0.717, 1.165) is 5.56 Å². The molecule has 5 heteroatoms. The Hall–Kier alpha value is -2.82. The molecule has 0 bridgehead atoms. The van der Waals surface area contributed by atoms with Crippen molar-refractivity contribution in [1.29, 1.82) is 0 Å². The number of methoxy groups -OCH3 is 1. The van der Waals surface area contributed by atoms with Crippen molar-refractivity contribution in [1.82, 2.24) is 4.98 Å². The highest BCUT2D eigenvalue weighted by atomic mass is 19.3. The van der Waals surface area contributed by atoms with Crippen molar-refractivity contribution < 1.29 is 18.3 Å². The molecular weight excluding hydrogens is 300 g/mol. The van der Waals surface area contributed by atoms with Gasteiger partial charge in [0.05, 0.1) is 23.9 Å². The average molecular weight is 313 g/mol. The normalized spacial score (nSPS) is 11.0. The van der Waals surface area contributed by atoms with Gasteiger partial charge in [0.15, 0.2) is 0 Å². The highest BCUT2D eigenvalue weighted by Crippen LogP contribution is 2.29. The summed E-state index contributed by atoms with van der Waals surface area (Å²) in [5.74, 6) is -0.582. The first-order valence-corrected chi connectivity index (χ1v) is 6.96. The molecular formula is C18H13F2NO2. The molecule has 0 saturated heterocycles. The Morgan fingerprint density at radius 2 is 1.83 bits per heavy atom. The van der Waals surface area contributed by atoms with Gasteiger partial charge in [-0.1, -0.05) is 36.4 Å². The predicted molar refractivity (Wildman–Crippen MR) is 83.5 cm³/mol. The summed E-state index contributed by atoms with van der Waals surface area (Å²) < 4.78 is 30.6. The van der Waals surface area contributed by atoms with Crippen LogP contribution in [0, 0.1) is 0 Å². The van der Waals surface area contributed by atoms with Crippen molar-refractivity contribution in [2.45, 2.75) is 6.43 Å². The van der Waals surface area contributed by atoms with Gasteiger partial charge in [-0.05, 0) is 18.2 Å². The minimum absolute atomic E-state index is 0.156. The summed E-state index contributed by atoms with van der Waals surface area (Å²) in [6.07, 6.45) is -2.61. The third-order valence-corrected chi connectivity index (χ3v) is 3.56. The molecule has 0 saturated carbocycles. The molecule has 1 aromatic heterocycles. The highest BCUT2D eigenvalue weighted by molar-refractivity contribution is 6.04. The van der Waals surface area contributed by atoms with Crippen LogP contribution in [0.15, 0.2) is 54.6 Å². The zero-order valence-electron chi connectivity index (χ0n) is 12.3. The molecule has 0 aliphatic carbocycles. The lowest BCUT2D eigenvalue weighted by Gasteiger charge is -2.10. The number of carbonyl (C=O) groups excluding carboxylic acids is 1. The maximum atomic E-state index is 12.9. The third kappa shape index (κ3) is 2.90. The fourth-order valence-corrected chi connectivity index (χ4v) is 2.41. The van der Waals surface area contributed by atoms with Crippen LogP contribution in [-0.2, 0) is 4.74 Å². The van der Waals surface area contributed by atoms with Gasteiger partial charge in [-0.15, -0.1) is 0 Å². The van der Waals surface area contributed by atoms with Gasteiger partial charge in [-0.3, -0.25) is 0 Å². The van der Waals surface area contributed by atoms with E-state index >= 15 is 0 Å². The van der Waals surface area contributed by atoms with E-state index in [9.17, 15) is 13.6 Å². The van der Waals surface area contributed by atoms with Crippen molar-refractivity contribution in [3.8, 4) is 11.3 Å². The van der Waals surface area contributed by atoms with Crippen molar-refractivity contribution in [3.63, 3.8) is 0 Å². The van der Waals surface area contributed by atoms with Crippen LogP contribution in [0.1, 0.15) is 22.3 Å². The number of halogens is 2. The topological polar surface area (TPSA) is 39.2 Å². The zero-order chi connectivity index (χ0) is 16.4. The number of fused-ring (bicyclic) bond motifs is 1. The highest BCUT2D eigenvalue weighted by Gasteiger charge is 2.16.